The lowest BCUT2D eigenvalue weighted by Crippen LogP contribution is -2.07. The lowest BCUT2D eigenvalue weighted by atomic mass is 10.1. The predicted octanol–water partition coefficient (Wildman–Crippen LogP) is 4.13. The van der Waals surface area contributed by atoms with Gasteiger partial charge in [0, 0.05) is 11.4 Å². The van der Waals surface area contributed by atoms with Crippen molar-refractivity contribution in [3.05, 3.63) is 34.8 Å². The van der Waals surface area contributed by atoms with E-state index in [9.17, 15) is 0 Å². The third kappa shape index (κ3) is 4.05. The van der Waals surface area contributed by atoms with Crippen LogP contribution in [0.5, 0.6) is 5.75 Å². The van der Waals surface area contributed by atoms with Crippen molar-refractivity contribution in [1.29, 1.82) is 0 Å². The fourth-order valence-corrected chi connectivity index (χ4v) is 3.40. The summed E-state index contributed by atoms with van der Waals surface area (Å²) in [6.45, 7) is 8.02. The van der Waals surface area contributed by atoms with E-state index in [1.54, 1.807) is 11.3 Å². The van der Waals surface area contributed by atoms with Gasteiger partial charge in [-0.1, -0.05) is 26.0 Å². The Hall–Kier alpha value is -1.39. The van der Waals surface area contributed by atoms with Crippen LogP contribution in [0.3, 0.4) is 0 Å². The summed E-state index contributed by atoms with van der Waals surface area (Å²) in [5.74, 6) is 1.53. The highest BCUT2D eigenvalue weighted by molar-refractivity contribution is 7.15. The van der Waals surface area contributed by atoms with E-state index >= 15 is 0 Å². The van der Waals surface area contributed by atoms with E-state index in [0.29, 0.717) is 12.5 Å². The molecule has 0 amide bonds. The molecule has 1 aromatic carbocycles. The molecule has 1 heterocycles. The molecule has 0 radical (unpaired) electrons. The molecule has 0 aliphatic rings. The van der Waals surface area contributed by atoms with Gasteiger partial charge in [0.05, 0.1) is 17.9 Å². The number of hydrogen-bond acceptors (Lipinski definition) is 4. The molecule has 0 unspecified atom stereocenters. The Balaban J connectivity index is 2.39. The first-order chi connectivity index (χ1) is 10.2. The molecule has 0 saturated carbocycles. The fraction of sp³-hybridized carbons (Fsp3) is 0.471. The van der Waals surface area contributed by atoms with Crippen LogP contribution in [0, 0.1) is 5.92 Å². The maximum absolute atomic E-state index is 5.73. The van der Waals surface area contributed by atoms with Gasteiger partial charge in [-0.25, -0.2) is 4.98 Å². The van der Waals surface area contributed by atoms with Crippen molar-refractivity contribution < 1.29 is 4.74 Å². The van der Waals surface area contributed by atoms with Crippen LogP contribution in [-0.4, -0.2) is 18.6 Å². The van der Waals surface area contributed by atoms with Crippen molar-refractivity contribution in [2.75, 3.05) is 13.7 Å². The Bertz CT molecular complexity index is 578. The first-order valence-electron chi connectivity index (χ1n) is 7.51. The molecule has 3 nitrogen and oxygen atoms in total. The second-order valence-corrected chi connectivity index (χ2v) is 6.53. The topological polar surface area (TPSA) is 34.1 Å². The summed E-state index contributed by atoms with van der Waals surface area (Å²) >= 11 is 1.77. The molecule has 0 fully saturated rings. The molecular weight excluding hydrogens is 280 g/mol. The summed E-state index contributed by atoms with van der Waals surface area (Å²) in [4.78, 5) is 6.21. The average molecular weight is 304 g/mol. The van der Waals surface area contributed by atoms with Crippen LogP contribution in [0.4, 0.5) is 0 Å². The van der Waals surface area contributed by atoms with Crippen molar-refractivity contribution >= 4 is 11.3 Å². The van der Waals surface area contributed by atoms with Crippen molar-refractivity contribution in [1.82, 2.24) is 10.3 Å². The summed E-state index contributed by atoms with van der Waals surface area (Å²) in [5, 5.41) is 4.30. The second-order valence-electron chi connectivity index (χ2n) is 5.45. The third-order valence-electron chi connectivity index (χ3n) is 3.13. The number of nitrogens with one attached hydrogen (secondary N) is 1. The fourth-order valence-electron chi connectivity index (χ4n) is 2.27. The number of aromatic nitrogens is 1. The summed E-state index contributed by atoms with van der Waals surface area (Å²) in [7, 11) is 1.98. The Labute approximate surface area is 131 Å². The zero-order valence-electron chi connectivity index (χ0n) is 13.3. The number of ether oxygens (including phenoxy) is 1. The Morgan fingerprint density at radius 2 is 2.05 bits per heavy atom. The molecule has 114 valence electrons. The highest BCUT2D eigenvalue weighted by Crippen LogP contribution is 2.35. The van der Waals surface area contributed by atoms with E-state index in [2.05, 4.69) is 25.2 Å². The van der Waals surface area contributed by atoms with Gasteiger partial charge >= 0.3 is 0 Å². The summed E-state index contributed by atoms with van der Waals surface area (Å²) in [5.41, 5.74) is 2.31. The molecule has 21 heavy (non-hydrogen) atoms. The molecule has 0 saturated heterocycles. The first kappa shape index (κ1) is 16.0. The molecule has 2 rings (SSSR count). The minimum Gasteiger partial charge on any atom is -0.493 e. The van der Waals surface area contributed by atoms with E-state index in [-0.39, 0.29) is 0 Å². The lowest BCUT2D eigenvalue weighted by molar-refractivity contribution is 0.341. The normalized spacial score (nSPS) is 11.1. The molecule has 0 spiro atoms. The molecule has 4 heteroatoms. The van der Waals surface area contributed by atoms with Crippen LogP contribution in [0.25, 0.3) is 10.6 Å². The number of rotatable bonds is 7. The summed E-state index contributed by atoms with van der Waals surface area (Å²) < 4.78 is 5.73. The number of benzene rings is 1. The number of hydrogen-bond donors (Lipinski definition) is 1. The maximum Gasteiger partial charge on any atom is 0.129 e. The Morgan fingerprint density at radius 3 is 2.71 bits per heavy atom. The minimum atomic E-state index is 0.609. The van der Waals surface area contributed by atoms with Gasteiger partial charge in [-0.2, -0.15) is 0 Å². The van der Waals surface area contributed by atoms with Crippen LogP contribution in [-0.2, 0) is 13.0 Å². The van der Waals surface area contributed by atoms with Crippen LogP contribution < -0.4 is 10.1 Å². The summed E-state index contributed by atoms with van der Waals surface area (Å²) in [6.07, 6.45) is 1.02. The molecule has 1 aromatic heterocycles. The zero-order valence-corrected chi connectivity index (χ0v) is 14.1. The monoisotopic (exact) mass is 304 g/mol. The number of nitrogens with zero attached hydrogens (tertiary/aromatic N) is 1. The van der Waals surface area contributed by atoms with Gasteiger partial charge in [0.15, 0.2) is 0 Å². The van der Waals surface area contributed by atoms with Gasteiger partial charge in [0.25, 0.3) is 0 Å². The minimum absolute atomic E-state index is 0.609. The average Bonchev–Trinajstić information content (AvgIpc) is 2.82. The molecule has 1 N–H and O–H groups in total. The van der Waals surface area contributed by atoms with Crippen LogP contribution in [0.1, 0.15) is 31.3 Å². The van der Waals surface area contributed by atoms with Gasteiger partial charge in [0.1, 0.15) is 10.8 Å². The SMILES string of the molecule is CCOc1ccccc1-c1nc(CC(C)C)c(CNC)s1. The van der Waals surface area contributed by atoms with E-state index in [1.807, 2.05) is 32.2 Å². The van der Waals surface area contributed by atoms with Crippen LogP contribution in [0.15, 0.2) is 24.3 Å². The van der Waals surface area contributed by atoms with Gasteiger partial charge in [-0.3, -0.25) is 0 Å². The maximum atomic E-state index is 5.73. The van der Waals surface area contributed by atoms with E-state index < -0.39 is 0 Å². The Morgan fingerprint density at radius 1 is 1.29 bits per heavy atom. The van der Waals surface area contributed by atoms with Crippen molar-refractivity contribution in [2.24, 2.45) is 5.92 Å². The van der Waals surface area contributed by atoms with Crippen molar-refractivity contribution in [2.45, 2.75) is 33.7 Å². The smallest absolute Gasteiger partial charge is 0.129 e. The largest absolute Gasteiger partial charge is 0.493 e. The van der Waals surface area contributed by atoms with Gasteiger partial charge in [-0.05, 0) is 38.4 Å². The zero-order chi connectivity index (χ0) is 15.2. The summed E-state index contributed by atoms with van der Waals surface area (Å²) in [6, 6.07) is 8.15. The standard InChI is InChI=1S/C17H24N2OS/c1-5-20-15-9-7-6-8-13(15)17-19-14(10-12(2)3)16(21-17)11-18-4/h6-9,12,18H,5,10-11H2,1-4H3. The second kappa shape index (κ2) is 7.57. The van der Waals surface area contributed by atoms with Gasteiger partial charge in [0.2, 0.25) is 0 Å². The molecule has 0 aliphatic carbocycles. The van der Waals surface area contributed by atoms with E-state index in [1.165, 1.54) is 10.6 Å². The number of para-hydroxylation sites is 1. The molecule has 0 aliphatic heterocycles. The molecule has 2 aromatic rings. The van der Waals surface area contributed by atoms with Gasteiger partial charge < -0.3 is 10.1 Å². The number of thiazole rings is 1. The lowest BCUT2D eigenvalue weighted by Gasteiger charge is -2.07. The van der Waals surface area contributed by atoms with Crippen molar-refractivity contribution in [3.8, 4) is 16.3 Å². The van der Waals surface area contributed by atoms with Crippen molar-refractivity contribution in [3.63, 3.8) is 0 Å². The van der Waals surface area contributed by atoms with Gasteiger partial charge in [-0.15, -0.1) is 11.3 Å². The Kier molecular flexibility index (Phi) is 5.76. The molecule has 0 bridgehead atoms. The highest BCUT2D eigenvalue weighted by atomic mass is 32.1. The molecule has 0 atom stereocenters. The highest BCUT2D eigenvalue weighted by Gasteiger charge is 2.15. The third-order valence-corrected chi connectivity index (χ3v) is 4.27. The first-order valence-corrected chi connectivity index (χ1v) is 8.32. The predicted molar refractivity (Wildman–Crippen MR) is 90.0 cm³/mol. The van der Waals surface area contributed by atoms with E-state index in [0.717, 1.165) is 29.3 Å². The molecular formula is C17H24N2OS. The quantitative estimate of drug-likeness (QED) is 0.835. The van der Waals surface area contributed by atoms with Crippen LogP contribution >= 0.6 is 11.3 Å². The van der Waals surface area contributed by atoms with E-state index in [4.69, 9.17) is 9.72 Å². The van der Waals surface area contributed by atoms with Crippen LogP contribution in [0.2, 0.25) is 0 Å².